The molecule has 2 heterocycles. The van der Waals surface area contributed by atoms with Gasteiger partial charge in [0.15, 0.2) is 0 Å². The number of carbonyl (C=O) groups is 3. The summed E-state index contributed by atoms with van der Waals surface area (Å²) in [6.45, 7) is 3.30. The lowest BCUT2D eigenvalue weighted by Gasteiger charge is -2.32. The van der Waals surface area contributed by atoms with Gasteiger partial charge in [0.2, 0.25) is 10.0 Å². The minimum absolute atomic E-state index is 0.0737. The smallest absolute Gasteiger partial charge is 0.317 e. The second-order valence-corrected chi connectivity index (χ2v) is 10.5. The van der Waals surface area contributed by atoms with E-state index in [-0.39, 0.29) is 17.0 Å². The topological polar surface area (TPSA) is 116 Å². The number of benzene rings is 3. The summed E-state index contributed by atoms with van der Waals surface area (Å²) in [5, 5.41) is 3.66. The number of urea groups is 1. The number of nitrogens with zero attached hydrogens (tertiary/aromatic N) is 2. The number of anilines is 1. The molecule has 36 heavy (non-hydrogen) atoms. The van der Waals surface area contributed by atoms with Gasteiger partial charge < -0.3 is 10.2 Å². The number of imide groups is 1. The van der Waals surface area contributed by atoms with Crippen molar-refractivity contribution >= 4 is 44.3 Å². The van der Waals surface area contributed by atoms with Crippen LogP contribution >= 0.6 is 0 Å². The lowest BCUT2D eigenvalue weighted by molar-refractivity contribution is 0.0926. The van der Waals surface area contributed by atoms with Gasteiger partial charge in [0.25, 0.3) is 11.8 Å². The van der Waals surface area contributed by atoms with Gasteiger partial charge in [-0.2, -0.15) is 0 Å². The first-order chi connectivity index (χ1) is 17.3. The molecule has 0 aliphatic carbocycles. The Hall–Kier alpha value is -3.76. The molecule has 3 aromatic rings. The zero-order valence-corrected chi connectivity index (χ0v) is 20.5. The van der Waals surface area contributed by atoms with Crippen molar-refractivity contribution in [3.63, 3.8) is 0 Å². The number of amides is 4. The molecule has 4 amide bonds. The Morgan fingerprint density at radius 2 is 1.47 bits per heavy atom. The van der Waals surface area contributed by atoms with Gasteiger partial charge in [-0.1, -0.05) is 36.4 Å². The van der Waals surface area contributed by atoms with E-state index in [1.807, 2.05) is 6.92 Å². The van der Waals surface area contributed by atoms with Crippen molar-refractivity contribution in [3.05, 3.63) is 71.8 Å². The molecule has 9 nitrogen and oxygen atoms in total. The summed E-state index contributed by atoms with van der Waals surface area (Å²) in [5.74, 6) is -0.873. The number of fused-ring (bicyclic) bond motifs is 2. The van der Waals surface area contributed by atoms with Crippen molar-refractivity contribution in [1.29, 1.82) is 0 Å². The standard InChI is InChI=1S/C26H26N4O5S/c1-2-27-26(33)29-15-13-17(14-16-29)28-36(34,35)23-12-11-22(18-7-3-4-8-19(18)23)30-24(31)20-9-5-6-10-21(20)25(30)32/h3-12,17,28H,2,13-16H2,1H3,(H,27,33). The Bertz CT molecular complexity index is 1440. The maximum absolute atomic E-state index is 13.4. The van der Waals surface area contributed by atoms with E-state index in [0.717, 1.165) is 4.90 Å². The molecule has 1 saturated heterocycles. The van der Waals surface area contributed by atoms with Crippen LogP contribution in [0.25, 0.3) is 10.8 Å². The molecule has 0 radical (unpaired) electrons. The summed E-state index contributed by atoms with van der Waals surface area (Å²) in [6, 6.07) is 16.0. The lowest BCUT2D eigenvalue weighted by atomic mass is 10.1. The average molecular weight is 507 g/mol. The first kappa shape index (κ1) is 24.0. The van der Waals surface area contributed by atoms with Crippen LogP contribution < -0.4 is 14.9 Å². The molecule has 2 N–H and O–H groups in total. The molecule has 2 aliphatic rings. The molecule has 1 fully saturated rings. The second kappa shape index (κ2) is 9.36. The van der Waals surface area contributed by atoms with Gasteiger partial charge in [-0.25, -0.2) is 22.8 Å². The third kappa shape index (κ3) is 4.12. The zero-order valence-electron chi connectivity index (χ0n) is 19.7. The number of hydrogen-bond acceptors (Lipinski definition) is 5. The highest BCUT2D eigenvalue weighted by Gasteiger charge is 2.37. The fourth-order valence-corrected chi connectivity index (χ4v) is 6.36. The number of rotatable bonds is 5. The van der Waals surface area contributed by atoms with Crippen LogP contribution in [0.4, 0.5) is 10.5 Å². The van der Waals surface area contributed by atoms with Gasteiger partial charge in [0.05, 0.1) is 21.7 Å². The van der Waals surface area contributed by atoms with Crippen molar-refractivity contribution in [2.75, 3.05) is 24.5 Å². The second-order valence-electron chi connectivity index (χ2n) is 8.84. The first-order valence-electron chi connectivity index (χ1n) is 11.9. The van der Waals surface area contributed by atoms with Crippen LogP contribution in [0.15, 0.2) is 65.6 Å². The average Bonchev–Trinajstić information content (AvgIpc) is 3.13. The molecular weight excluding hydrogens is 480 g/mol. The largest absolute Gasteiger partial charge is 0.338 e. The van der Waals surface area contributed by atoms with Gasteiger partial charge in [-0.3, -0.25) is 9.59 Å². The molecular formula is C26H26N4O5S. The SMILES string of the molecule is CCNC(=O)N1CCC(NS(=O)(=O)c2ccc(N3C(=O)c4ccccc4C3=O)c3ccccc23)CC1. The van der Waals surface area contributed by atoms with E-state index in [4.69, 9.17) is 0 Å². The van der Waals surface area contributed by atoms with Gasteiger partial charge in [-0.15, -0.1) is 0 Å². The highest BCUT2D eigenvalue weighted by molar-refractivity contribution is 7.89. The molecule has 0 saturated carbocycles. The van der Waals surface area contributed by atoms with E-state index in [1.54, 1.807) is 53.4 Å². The van der Waals surface area contributed by atoms with E-state index >= 15 is 0 Å². The van der Waals surface area contributed by atoms with Crippen molar-refractivity contribution in [1.82, 2.24) is 14.9 Å². The fraction of sp³-hybridized carbons (Fsp3) is 0.269. The van der Waals surface area contributed by atoms with Crippen LogP contribution in [0.5, 0.6) is 0 Å². The molecule has 0 spiro atoms. The number of likely N-dealkylation sites (tertiary alicyclic amines) is 1. The first-order valence-corrected chi connectivity index (χ1v) is 13.3. The van der Waals surface area contributed by atoms with E-state index < -0.39 is 21.8 Å². The predicted octanol–water partition coefficient (Wildman–Crippen LogP) is 3.11. The molecule has 186 valence electrons. The molecule has 0 bridgehead atoms. The van der Waals surface area contributed by atoms with Gasteiger partial charge in [-0.05, 0) is 44.0 Å². The van der Waals surface area contributed by atoms with Crippen LogP contribution in [0.2, 0.25) is 0 Å². The Morgan fingerprint density at radius 3 is 2.08 bits per heavy atom. The van der Waals surface area contributed by atoms with Gasteiger partial charge in [0.1, 0.15) is 0 Å². The van der Waals surface area contributed by atoms with Gasteiger partial charge in [0, 0.05) is 36.4 Å². The van der Waals surface area contributed by atoms with Crippen molar-refractivity contribution < 1.29 is 22.8 Å². The number of carbonyl (C=O) groups excluding carboxylic acids is 3. The van der Waals surface area contributed by atoms with Crippen LogP contribution in [0.3, 0.4) is 0 Å². The molecule has 0 aromatic heterocycles. The summed E-state index contributed by atoms with van der Waals surface area (Å²) >= 11 is 0. The molecule has 0 atom stereocenters. The highest BCUT2D eigenvalue weighted by Crippen LogP contribution is 2.36. The van der Waals surface area contributed by atoms with Crippen LogP contribution in [0, 0.1) is 0 Å². The number of sulfonamides is 1. The summed E-state index contributed by atoms with van der Waals surface area (Å²) in [6.07, 6.45) is 1.00. The van der Waals surface area contributed by atoms with Crippen molar-refractivity contribution in [2.24, 2.45) is 0 Å². The van der Waals surface area contributed by atoms with E-state index in [1.165, 1.54) is 12.1 Å². The minimum atomic E-state index is -3.91. The maximum Gasteiger partial charge on any atom is 0.317 e. The molecule has 3 aromatic carbocycles. The van der Waals surface area contributed by atoms with Crippen molar-refractivity contribution in [3.8, 4) is 0 Å². The molecule has 2 aliphatic heterocycles. The molecule has 0 unspecified atom stereocenters. The summed E-state index contributed by atoms with van der Waals surface area (Å²) in [5.41, 5.74) is 0.985. The monoisotopic (exact) mass is 506 g/mol. The fourth-order valence-electron chi connectivity index (χ4n) is 4.84. The lowest BCUT2D eigenvalue weighted by Crippen LogP contribution is -2.49. The predicted molar refractivity (Wildman–Crippen MR) is 136 cm³/mol. The number of nitrogens with one attached hydrogen (secondary N) is 2. The van der Waals surface area contributed by atoms with E-state index in [9.17, 15) is 22.8 Å². The third-order valence-electron chi connectivity index (χ3n) is 6.62. The Labute approximate surface area is 209 Å². The normalized spacial score (nSPS) is 16.5. The molecule has 10 heteroatoms. The number of piperidine rings is 1. The quantitative estimate of drug-likeness (QED) is 0.516. The highest BCUT2D eigenvalue weighted by atomic mass is 32.2. The van der Waals surface area contributed by atoms with Crippen LogP contribution in [-0.4, -0.2) is 56.8 Å². The van der Waals surface area contributed by atoms with E-state index in [2.05, 4.69) is 10.0 Å². The maximum atomic E-state index is 13.4. The third-order valence-corrected chi connectivity index (χ3v) is 8.20. The summed E-state index contributed by atoms with van der Waals surface area (Å²) in [4.78, 5) is 41.0. The summed E-state index contributed by atoms with van der Waals surface area (Å²) < 4.78 is 29.6. The van der Waals surface area contributed by atoms with Crippen LogP contribution in [0.1, 0.15) is 40.5 Å². The number of hydrogen-bond donors (Lipinski definition) is 2. The Morgan fingerprint density at radius 1 is 0.889 bits per heavy atom. The van der Waals surface area contributed by atoms with Crippen LogP contribution in [-0.2, 0) is 10.0 Å². The molecule has 5 rings (SSSR count). The Balaban J connectivity index is 1.43. The Kier molecular flexibility index (Phi) is 6.23. The van der Waals surface area contributed by atoms with Gasteiger partial charge >= 0.3 is 6.03 Å². The summed E-state index contributed by atoms with van der Waals surface area (Å²) in [7, 11) is -3.91. The minimum Gasteiger partial charge on any atom is -0.338 e. The zero-order chi connectivity index (χ0) is 25.4. The van der Waals surface area contributed by atoms with Crippen molar-refractivity contribution in [2.45, 2.75) is 30.7 Å². The van der Waals surface area contributed by atoms with E-state index in [0.29, 0.717) is 60.1 Å².